The molecule has 0 unspecified atom stereocenters. The molecule has 0 bridgehead atoms. The molecule has 0 radical (unpaired) electrons. The average Bonchev–Trinajstić information content (AvgIpc) is 3.31. The molecule has 2 amide bonds. The molecule has 0 spiro atoms. The normalized spacial score (nSPS) is 10.7. The Morgan fingerprint density at radius 1 is 1.03 bits per heavy atom. The van der Waals surface area contributed by atoms with Crippen LogP contribution in [0.4, 0.5) is 23.0 Å². The Labute approximate surface area is 223 Å². The SMILES string of the molecule is CC.CN/C(=C\c1cnn2c(Nc3cccc(C(=O)O)c3)cc(Nc3cccc(Cl)c3)nc12)C(=O)NC=O. The Bertz CT molecular complexity index is 1500. The van der Waals surface area contributed by atoms with Gasteiger partial charge in [0.1, 0.15) is 17.3 Å². The standard InChI is InChI=1S/C24H20ClN7O4.C2H6/c1-26-19(23(34)27-13-33)9-15-12-28-32-21(30-17-6-2-4-14(8-17)24(35)36)11-20(31-22(15)32)29-18-7-3-5-16(25)10-18;1-2/h2-13,26,30H,1H3,(H,29,31)(H,35,36)(H,27,33,34);1-2H3/b19-9-;. The Kier molecular flexibility index (Phi) is 9.38. The lowest BCUT2D eigenvalue weighted by molar-refractivity contribution is -0.122. The molecule has 0 saturated heterocycles. The van der Waals surface area contributed by atoms with E-state index in [1.807, 2.05) is 19.9 Å². The van der Waals surface area contributed by atoms with Gasteiger partial charge in [0.05, 0.1) is 11.8 Å². The van der Waals surface area contributed by atoms with E-state index in [0.717, 1.165) is 0 Å². The maximum Gasteiger partial charge on any atom is 0.335 e. The van der Waals surface area contributed by atoms with Crippen LogP contribution in [-0.4, -0.2) is 45.0 Å². The molecule has 0 aliphatic carbocycles. The van der Waals surface area contributed by atoms with Gasteiger partial charge in [-0.15, -0.1) is 0 Å². The summed E-state index contributed by atoms with van der Waals surface area (Å²) in [6.07, 6.45) is 3.31. The van der Waals surface area contributed by atoms with Gasteiger partial charge in [0.15, 0.2) is 5.65 Å². The molecule has 38 heavy (non-hydrogen) atoms. The van der Waals surface area contributed by atoms with Crippen LogP contribution in [0, 0.1) is 0 Å². The smallest absolute Gasteiger partial charge is 0.335 e. The Balaban J connectivity index is 0.00000195. The maximum atomic E-state index is 12.2. The number of likely N-dealkylation sites (N-methyl/N-ethyl adjacent to an activating group) is 1. The number of amides is 2. The lowest BCUT2D eigenvalue weighted by Crippen LogP contribution is -2.28. The molecule has 4 rings (SSSR count). The van der Waals surface area contributed by atoms with E-state index in [-0.39, 0.29) is 11.3 Å². The zero-order chi connectivity index (χ0) is 27.7. The van der Waals surface area contributed by atoms with Crippen LogP contribution in [0.5, 0.6) is 0 Å². The fourth-order valence-electron chi connectivity index (χ4n) is 3.36. The number of hydrogen-bond donors (Lipinski definition) is 5. The largest absolute Gasteiger partial charge is 0.478 e. The van der Waals surface area contributed by atoms with Crippen LogP contribution in [0.3, 0.4) is 0 Å². The summed E-state index contributed by atoms with van der Waals surface area (Å²) in [5, 5.41) is 25.4. The summed E-state index contributed by atoms with van der Waals surface area (Å²) in [4.78, 5) is 38.9. The number of aromatic carboxylic acids is 1. The number of anilines is 4. The van der Waals surface area contributed by atoms with Crippen LogP contribution in [0.25, 0.3) is 11.7 Å². The third kappa shape index (κ3) is 6.65. The van der Waals surface area contributed by atoms with Gasteiger partial charge >= 0.3 is 5.97 Å². The topological polar surface area (TPSA) is 150 Å². The minimum absolute atomic E-state index is 0.117. The zero-order valence-corrected chi connectivity index (χ0v) is 21.6. The molecule has 0 atom stereocenters. The number of aromatic nitrogens is 3. The average molecular weight is 536 g/mol. The predicted molar refractivity (Wildman–Crippen MR) is 147 cm³/mol. The number of fused-ring (bicyclic) bond motifs is 1. The summed E-state index contributed by atoms with van der Waals surface area (Å²) >= 11 is 6.11. The third-order valence-electron chi connectivity index (χ3n) is 4.98. The Morgan fingerprint density at radius 3 is 2.39 bits per heavy atom. The van der Waals surface area contributed by atoms with E-state index in [0.29, 0.717) is 45.7 Å². The monoisotopic (exact) mass is 535 g/mol. The molecular formula is C26H26ClN7O4. The number of hydrogen-bond acceptors (Lipinski definition) is 8. The predicted octanol–water partition coefficient (Wildman–Crippen LogP) is 4.43. The Morgan fingerprint density at radius 2 is 1.74 bits per heavy atom. The van der Waals surface area contributed by atoms with E-state index < -0.39 is 11.9 Å². The third-order valence-corrected chi connectivity index (χ3v) is 5.22. The van der Waals surface area contributed by atoms with Gasteiger partial charge in [-0.1, -0.05) is 37.6 Å². The van der Waals surface area contributed by atoms with Gasteiger partial charge in [0.25, 0.3) is 5.91 Å². The number of nitrogens with zero attached hydrogens (tertiary/aromatic N) is 3. The van der Waals surface area contributed by atoms with Crippen molar-refractivity contribution in [3.05, 3.63) is 82.6 Å². The van der Waals surface area contributed by atoms with Crippen molar-refractivity contribution in [3.8, 4) is 0 Å². The molecule has 4 aromatic rings. The molecular weight excluding hydrogens is 510 g/mol. The van der Waals surface area contributed by atoms with Crippen molar-refractivity contribution in [2.45, 2.75) is 13.8 Å². The number of nitrogens with one attached hydrogen (secondary N) is 4. The molecule has 0 fully saturated rings. The van der Waals surface area contributed by atoms with Crippen molar-refractivity contribution in [2.24, 2.45) is 0 Å². The fraction of sp³-hybridized carbons (Fsp3) is 0.115. The van der Waals surface area contributed by atoms with E-state index in [1.165, 1.54) is 28.9 Å². The van der Waals surface area contributed by atoms with Gasteiger partial charge in [-0.3, -0.25) is 14.9 Å². The summed E-state index contributed by atoms with van der Waals surface area (Å²) in [7, 11) is 1.55. The van der Waals surface area contributed by atoms with Gasteiger partial charge in [-0.05, 0) is 42.5 Å². The van der Waals surface area contributed by atoms with E-state index in [2.05, 4.69) is 31.3 Å². The molecule has 0 saturated carbocycles. The maximum absolute atomic E-state index is 12.2. The van der Waals surface area contributed by atoms with E-state index in [4.69, 9.17) is 11.6 Å². The van der Waals surface area contributed by atoms with Gasteiger partial charge in [-0.25, -0.2) is 9.78 Å². The minimum atomic E-state index is -1.05. The molecule has 0 aliphatic heterocycles. The van der Waals surface area contributed by atoms with Crippen LogP contribution in [0.1, 0.15) is 29.8 Å². The highest BCUT2D eigenvalue weighted by molar-refractivity contribution is 6.30. The van der Waals surface area contributed by atoms with Crippen LogP contribution >= 0.6 is 11.6 Å². The van der Waals surface area contributed by atoms with Gasteiger partial charge in [-0.2, -0.15) is 9.61 Å². The number of carboxylic acids is 1. The van der Waals surface area contributed by atoms with Crippen molar-refractivity contribution in [1.82, 2.24) is 25.2 Å². The highest BCUT2D eigenvalue weighted by Gasteiger charge is 2.15. The summed E-state index contributed by atoms with van der Waals surface area (Å²) < 4.78 is 1.51. The molecule has 196 valence electrons. The first-order valence-corrected chi connectivity index (χ1v) is 11.9. The van der Waals surface area contributed by atoms with Crippen LogP contribution in [0.15, 0.2) is 66.5 Å². The number of carbonyl (C=O) groups excluding carboxylic acids is 2. The molecule has 2 heterocycles. The number of halogens is 1. The number of carbonyl (C=O) groups is 3. The first-order chi connectivity index (χ1) is 18.4. The number of rotatable bonds is 9. The molecule has 5 N–H and O–H groups in total. The van der Waals surface area contributed by atoms with E-state index >= 15 is 0 Å². The second-order valence-electron chi connectivity index (χ2n) is 7.41. The molecule has 11 nitrogen and oxygen atoms in total. The van der Waals surface area contributed by atoms with Crippen molar-refractivity contribution in [3.63, 3.8) is 0 Å². The summed E-state index contributed by atoms with van der Waals surface area (Å²) in [5.74, 6) is -0.777. The van der Waals surface area contributed by atoms with Crippen molar-refractivity contribution < 1.29 is 19.5 Å². The van der Waals surface area contributed by atoms with Crippen LogP contribution in [0.2, 0.25) is 5.02 Å². The van der Waals surface area contributed by atoms with Crippen molar-refractivity contribution >= 4 is 64.6 Å². The van der Waals surface area contributed by atoms with E-state index in [1.54, 1.807) is 43.4 Å². The second-order valence-corrected chi connectivity index (χ2v) is 7.84. The van der Waals surface area contributed by atoms with Crippen LogP contribution in [-0.2, 0) is 9.59 Å². The highest BCUT2D eigenvalue weighted by atomic mass is 35.5. The summed E-state index contributed by atoms with van der Waals surface area (Å²) in [6.45, 7) is 4.00. The lowest BCUT2D eigenvalue weighted by atomic mass is 10.2. The zero-order valence-electron chi connectivity index (χ0n) is 20.8. The van der Waals surface area contributed by atoms with E-state index in [9.17, 15) is 19.5 Å². The molecule has 0 aliphatic rings. The minimum Gasteiger partial charge on any atom is -0.478 e. The molecule has 2 aromatic carbocycles. The lowest BCUT2D eigenvalue weighted by Gasteiger charge is -2.13. The molecule has 12 heteroatoms. The quantitative estimate of drug-likeness (QED) is 0.155. The first kappa shape index (κ1) is 27.7. The summed E-state index contributed by atoms with van der Waals surface area (Å²) in [5.41, 5.74) is 2.31. The number of carboxylic acid groups (broad SMARTS) is 1. The fourth-order valence-corrected chi connectivity index (χ4v) is 3.56. The van der Waals surface area contributed by atoms with Gasteiger partial charge in [0.2, 0.25) is 6.41 Å². The van der Waals surface area contributed by atoms with Crippen molar-refractivity contribution in [1.29, 1.82) is 0 Å². The molecule has 2 aromatic heterocycles. The number of benzene rings is 2. The van der Waals surface area contributed by atoms with Gasteiger partial charge in [0, 0.05) is 35.1 Å². The van der Waals surface area contributed by atoms with Crippen molar-refractivity contribution in [2.75, 3.05) is 17.7 Å². The highest BCUT2D eigenvalue weighted by Crippen LogP contribution is 2.26. The van der Waals surface area contributed by atoms with Crippen LogP contribution < -0.4 is 21.3 Å². The number of imide groups is 1. The second kappa shape index (κ2) is 12.9. The Hall–Kier alpha value is -4.90. The van der Waals surface area contributed by atoms with Gasteiger partial charge < -0.3 is 21.1 Å². The first-order valence-electron chi connectivity index (χ1n) is 11.5. The summed E-state index contributed by atoms with van der Waals surface area (Å²) in [6, 6.07) is 15.1.